The van der Waals surface area contributed by atoms with Gasteiger partial charge in [-0.25, -0.2) is 0 Å². The second-order valence-corrected chi connectivity index (χ2v) is 6.17. The minimum absolute atomic E-state index is 0. The monoisotopic (exact) mass is 423 g/mol. The van der Waals surface area contributed by atoms with E-state index in [4.69, 9.17) is 0 Å². The zero-order valence-electron chi connectivity index (χ0n) is 13.5. The summed E-state index contributed by atoms with van der Waals surface area (Å²) in [7, 11) is 5.19. The van der Waals surface area contributed by atoms with Gasteiger partial charge in [-0.2, -0.15) is 0 Å². The maximum absolute atomic E-state index is 11.7. The number of likely N-dealkylation sites (N-methyl/N-ethyl adjacent to an activating group) is 1. The van der Waals surface area contributed by atoms with Crippen LogP contribution in [0.25, 0.3) is 0 Å². The van der Waals surface area contributed by atoms with E-state index >= 15 is 0 Å². The van der Waals surface area contributed by atoms with Crippen LogP contribution in [0, 0.1) is 5.41 Å². The maximum Gasteiger partial charge on any atom is 0.241 e. The van der Waals surface area contributed by atoms with Gasteiger partial charge in [-0.1, -0.05) is 0 Å². The molecule has 2 amide bonds. The predicted molar refractivity (Wildman–Crippen MR) is 96.3 cm³/mol. The van der Waals surface area contributed by atoms with Crippen molar-refractivity contribution in [1.82, 2.24) is 20.4 Å². The number of aliphatic imine (C=N–C) groups is 1. The van der Waals surface area contributed by atoms with E-state index in [1.165, 1.54) is 0 Å². The molecule has 1 unspecified atom stereocenters. The summed E-state index contributed by atoms with van der Waals surface area (Å²) in [5.41, 5.74) is 0.0263. The molecule has 2 saturated heterocycles. The van der Waals surface area contributed by atoms with Crippen LogP contribution in [0.3, 0.4) is 0 Å². The van der Waals surface area contributed by atoms with Crippen LogP contribution in [0.4, 0.5) is 0 Å². The third-order valence-electron chi connectivity index (χ3n) is 4.27. The Bertz CT molecular complexity index is 455. The third-order valence-corrected chi connectivity index (χ3v) is 4.27. The highest BCUT2D eigenvalue weighted by molar-refractivity contribution is 14.0. The van der Waals surface area contributed by atoms with Crippen LogP contribution in [-0.4, -0.2) is 74.9 Å². The minimum atomic E-state index is 0. The normalized spacial score (nSPS) is 24.8. The molecule has 22 heavy (non-hydrogen) atoms. The van der Waals surface area contributed by atoms with Gasteiger partial charge in [-0.3, -0.25) is 14.6 Å². The van der Waals surface area contributed by atoms with Gasteiger partial charge in [0, 0.05) is 52.6 Å². The predicted octanol–water partition coefficient (Wildman–Crippen LogP) is -0.130. The van der Waals surface area contributed by atoms with Crippen LogP contribution in [0.1, 0.15) is 19.3 Å². The molecule has 0 aromatic heterocycles. The lowest BCUT2D eigenvalue weighted by Gasteiger charge is -2.40. The summed E-state index contributed by atoms with van der Waals surface area (Å²) < 4.78 is 0. The Labute approximate surface area is 148 Å². The van der Waals surface area contributed by atoms with Crippen molar-refractivity contribution in [3.05, 3.63) is 0 Å². The average molecular weight is 423 g/mol. The molecule has 2 aliphatic heterocycles. The molecule has 2 N–H and O–H groups in total. The SMILES string of the molecule is CN=C(NCC(=O)N(C)C)N1CCCC2(CNC(=O)C2)C1.I. The van der Waals surface area contributed by atoms with E-state index in [-0.39, 0.29) is 47.8 Å². The Hall–Kier alpha value is -1.06. The summed E-state index contributed by atoms with van der Waals surface area (Å²) in [5.74, 6) is 0.895. The molecule has 0 aromatic rings. The van der Waals surface area contributed by atoms with Crippen molar-refractivity contribution in [1.29, 1.82) is 0 Å². The fourth-order valence-electron chi connectivity index (χ4n) is 3.07. The summed E-state index contributed by atoms with van der Waals surface area (Å²) in [6.45, 7) is 2.70. The number of nitrogens with zero attached hydrogens (tertiary/aromatic N) is 3. The van der Waals surface area contributed by atoms with Gasteiger partial charge in [0.25, 0.3) is 0 Å². The second-order valence-electron chi connectivity index (χ2n) is 6.17. The molecule has 2 heterocycles. The highest BCUT2D eigenvalue weighted by atomic mass is 127. The number of guanidine groups is 1. The quantitative estimate of drug-likeness (QED) is 0.369. The standard InChI is InChI=1S/C14H25N5O2.HI/c1-15-13(16-8-12(21)18(2)3)19-6-4-5-14(10-19)7-11(20)17-9-14;/h4-10H2,1-3H3,(H,15,16)(H,17,20);1H. The zero-order chi connectivity index (χ0) is 15.5. The van der Waals surface area contributed by atoms with Crippen LogP contribution in [0.15, 0.2) is 4.99 Å². The Kier molecular flexibility index (Phi) is 6.89. The average Bonchev–Trinajstić information content (AvgIpc) is 2.80. The molecular weight excluding hydrogens is 397 g/mol. The van der Waals surface area contributed by atoms with Crippen molar-refractivity contribution in [2.75, 3.05) is 47.3 Å². The maximum atomic E-state index is 11.7. The number of likely N-dealkylation sites (tertiary alicyclic amines) is 1. The summed E-state index contributed by atoms with van der Waals surface area (Å²) in [5, 5.41) is 6.05. The number of hydrogen-bond donors (Lipinski definition) is 2. The minimum Gasteiger partial charge on any atom is -0.355 e. The Morgan fingerprint density at radius 2 is 2.23 bits per heavy atom. The first kappa shape index (κ1) is 19.0. The molecule has 1 atom stereocenters. The number of amides is 2. The van der Waals surface area contributed by atoms with Gasteiger partial charge < -0.3 is 20.4 Å². The summed E-state index contributed by atoms with van der Waals surface area (Å²) >= 11 is 0. The lowest BCUT2D eigenvalue weighted by Crippen LogP contribution is -2.52. The van der Waals surface area contributed by atoms with Crippen molar-refractivity contribution >= 4 is 41.8 Å². The summed E-state index contributed by atoms with van der Waals surface area (Å²) in [4.78, 5) is 31.2. The topological polar surface area (TPSA) is 77.0 Å². The third kappa shape index (κ3) is 4.47. The number of nitrogens with one attached hydrogen (secondary N) is 2. The second kappa shape index (κ2) is 7.98. The van der Waals surface area contributed by atoms with Crippen LogP contribution in [-0.2, 0) is 9.59 Å². The van der Waals surface area contributed by atoms with Crippen molar-refractivity contribution in [2.45, 2.75) is 19.3 Å². The van der Waals surface area contributed by atoms with E-state index in [1.807, 2.05) is 0 Å². The molecule has 126 valence electrons. The first-order valence-electron chi connectivity index (χ1n) is 7.38. The molecule has 2 fully saturated rings. The van der Waals surface area contributed by atoms with Crippen molar-refractivity contribution in [3.63, 3.8) is 0 Å². The smallest absolute Gasteiger partial charge is 0.241 e. The molecule has 0 aliphatic carbocycles. The molecular formula is C14H26IN5O2. The first-order chi connectivity index (χ1) is 9.96. The number of hydrogen-bond acceptors (Lipinski definition) is 3. The van der Waals surface area contributed by atoms with Crippen LogP contribution < -0.4 is 10.6 Å². The fourth-order valence-corrected chi connectivity index (χ4v) is 3.07. The fraction of sp³-hybridized carbons (Fsp3) is 0.786. The molecule has 8 heteroatoms. The summed E-state index contributed by atoms with van der Waals surface area (Å²) in [6.07, 6.45) is 2.70. The molecule has 0 aromatic carbocycles. The molecule has 0 radical (unpaired) electrons. The van der Waals surface area contributed by atoms with E-state index in [2.05, 4.69) is 20.5 Å². The van der Waals surface area contributed by atoms with Gasteiger partial charge in [0.2, 0.25) is 11.8 Å². The number of rotatable bonds is 2. The first-order valence-corrected chi connectivity index (χ1v) is 7.38. The van der Waals surface area contributed by atoms with Gasteiger partial charge in [0.15, 0.2) is 5.96 Å². The lowest BCUT2D eigenvalue weighted by molar-refractivity contribution is -0.127. The molecule has 2 aliphatic rings. The molecule has 2 rings (SSSR count). The van der Waals surface area contributed by atoms with Gasteiger partial charge in [0.1, 0.15) is 0 Å². The Morgan fingerprint density at radius 1 is 1.50 bits per heavy atom. The largest absolute Gasteiger partial charge is 0.355 e. The van der Waals surface area contributed by atoms with Gasteiger partial charge in [-0.05, 0) is 12.8 Å². The lowest BCUT2D eigenvalue weighted by atomic mass is 9.79. The zero-order valence-corrected chi connectivity index (χ0v) is 15.8. The van der Waals surface area contributed by atoms with Gasteiger partial charge in [0.05, 0.1) is 6.54 Å². The van der Waals surface area contributed by atoms with Crippen molar-refractivity contribution in [2.24, 2.45) is 10.4 Å². The van der Waals surface area contributed by atoms with Crippen LogP contribution in [0.5, 0.6) is 0 Å². The Morgan fingerprint density at radius 3 is 2.77 bits per heavy atom. The van der Waals surface area contributed by atoms with Crippen LogP contribution >= 0.6 is 24.0 Å². The molecule has 0 saturated carbocycles. The van der Waals surface area contributed by atoms with Crippen LogP contribution in [0.2, 0.25) is 0 Å². The summed E-state index contributed by atoms with van der Waals surface area (Å²) in [6, 6.07) is 0. The van der Waals surface area contributed by atoms with E-state index < -0.39 is 0 Å². The number of carbonyl (C=O) groups is 2. The number of piperidine rings is 1. The van der Waals surface area contributed by atoms with E-state index in [0.29, 0.717) is 6.42 Å². The Balaban J connectivity index is 0.00000242. The van der Waals surface area contributed by atoms with E-state index in [9.17, 15) is 9.59 Å². The molecule has 7 nitrogen and oxygen atoms in total. The van der Waals surface area contributed by atoms with Crippen molar-refractivity contribution in [3.8, 4) is 0 Å². The van der Waals surface area contributed by atoms with E-state index in [1.54, 1.807) is 26.0 Å². The molecule has 0 bridgehead atoms. The van der Waals surface area contributed by atoms with Gasteiger partial charge in [-0.15, -0.1) is 24.0 Å². The highest BCUT2D eigenvalue weighted by Crippen LogP contribution is 2.35. The number of carbonyl (C=O) groups excluding carboxylic acids is 2. The van der Waals surface area contributed by atoms with Crippen molar-refractivity contribution < 1.29 is 9.59 Å². The van der Waals surface area contributed by atoms with Gasteiger partial charge >= 0.3 is 0 Å². The molecule has 1 spiro atoms. The van der Waals surface area contributed by atoms with E-state index in [0.717, 1.165) is 38.4 Å². The number of halogens is 1. The highest BCUT2D eigenvalue weighted by Gasteiger charge is 2.42.